The number of hydrogen-bond acceptors (Lipinski definition) is 5. The number of halogens is 2. The van der Waals surface area contributed by atoms with Gasteiger partial charge >= 0.3 is 6.03 Å². The summed E-state index contributed by atoms with van der Waals surface area (Å²) in [6, 6.07) is 18.8. The van der Waals surface area contributed by atoms with Crippen LogP contribution in [0.15, 0.2) is 81.2 Å². The molecule has 0 saturated carbocycles. The number of unbranched alkanes of at least 4 members (excludes halogenated alkanes) is 1. The molecule has 7 nitrogen and oxygen atoms in total. The van der Waals surface area contributed by atoms with Gasteiger partial charge in [-0.25, -0.2) is 9.69 Å². The van der Waals surface area contributed by atoms with E-state index in [1.54, 1.807) is 42.5 Å². The Kier molecular flexibility index (Phi) is 8.78. The number of nitrogens with one attached hydrogen (secondary N) is 1. The molecule has 4 amide bonds. The van der Waals surface area contributed by atoms with E-state index >= 15 is 0 Å². The average Bonchev–Trinajstić information content (AvgIpc) is 2.88. The smallest absolute Gasteiger partial charge is 0.335 e. The molecular weight excluding hydrogens is 604 g/mol. The van der Waals surface area contributed by atoms with E-state index in [0.29, 0.717) is 29.4 Å². The second-order valence-electron chi connectivity index (χ2n) is 8.22. The average molecular weight is 628 g/mol. The Bertz CT molecular complexity index is 1350. The molecule has 1 fully saturated rings. The Morgan fingerprint density at radius 1 is 0.946 bits per heavy atom. The van der Waals surface area contributed by atoms with Crippen molar-refractivity contribution in [2.45, 2.75) is 26.4 Å². The van der Waals surface area contributed by atoms with Crippen molar-refractivity contribution in [2.24, 2.45) is 0 Å². The minimum atomic E-state index is -0.813. The fourth-order valence-electron chi connectivity index (χ4n) is 3.61. The van der Waals surface area contributed by atoms with Crippen LogP contribution in [0, 0.1) is 0 Å². The maximum absolute atomic E-state index is 13.4. The quantitative estimate of drug-likeness (QED) is 0.163. The maximum atomic E-state index is 13.4. The van der Waals surface area contributed by atoms with Crippen molar-refractivity contribution in [3.8, 4) is 11.5 Å². The third-order valence-electron chi connectivity index (χ3n) is 5.58. The van der Waals surface area contributed by atoms with Gasteiger partial charge in [0, 0.05) is 20.1 Å². The number of carbonyl (C=O) groups is 3. The van der Waals surface area contributed by atoms with E-state index in [9.17, 15) is 14.4 Å². The van der Waals surface area contributed by atoms with Gasteiger partial charge in [0.25, 0.3) is 11.8 Å². The Labute approximate surface area is 231 Å². The van der Waals surface area contributed by atoms with Gasteiger partial charge in [-0.15, -0.1) is 0 Å². The fourth-order valence-corrected chi connectivity index (χ4v) is 4.39. The van der Waals surface area contributed by atoms with Gasteiger partial charge in [-0.2, -0.15) is 0 Å². The zero-order valence-corrected chi connectivity index (χ0v) is 23.2. The Balaban J connectivity index is 1.60. The molecule has 0 unspecified atom stereocenters. The molecule has 1 saturated heterocycles. The molecule has 0 bridgehead atoms. The normalized spacial score (nSPS) is 14.6. The summed E-state index contributed by atoms with van der Waals surface area (Å²) in [5.41, 5.74) is 1.58. The van der Waals surface area contributed by atoms with Crippen LogP contribution in [0.4, 0.5) is 10.5 Å². The lowest BCUT2D eigenvalue weighted by Gasteiger charge is -2.26. The number of rotatable bonds is 9. The summed E-state index contributed by atoms with van der Waals surface area (Å²) in [4.78, 5) is 39.6. The number of imide groups is 2. The van der Waals surface area contributed by atoms with Crippen LogP contribution in [0.2, 0.25) is 0 Å². The largest absolute Gasteiger partial charge is 0.494 e. The van der Waals surface area contributed by atoms with Crippen molar-refractivity contribution in [1.82, 2.24) is 5.32 Å². The minimum Gasteiger partial charge on any atom is -0.494 e. The number of hydrogen-bond donors (Lipinski definition) is 1. The molecule has 3 aromatic rings. The molecule has 1 N–H and O–H groups in total. The Morgan fingerprint density at radius 2 is 1.70 bits per heavy atom. The van der Waals surface area contributed by atoms with E-state index in [1.807, 2.05) is 24.3 Å². The molecule has 1 aliphatic rings. The van der Waals surface area contributed by atoms with Crippen LogP contribution in [0.25, 0.3) is 6.08 Å². The third kappa shape index (κ3) is 6.47. The summed E-state index contributed by atoms with van der Waals surface area (Å²) in [6.07, 6.45) is 3.37. The lowest BCUT2D eigenvalue weighted by atomic mass is 10.1. The van der Waals surface area contributed by atoms with Crippen molar-refractivity contribution in [3.05, 3.63) is 92.4 Å². The van der Waals surface area contributed by atoms with E-state index in [4.69, 9.17) is 9.47 Å². The second kappa shape index (κ2) is 12.2. The zero-order chi connectivity index (χ0) is 26.4. The number of urea groups is 1. The minimum absolute atomic E-state index is 0.188. The van der Waals surface area contributed by atoms with Crippen molar-refractivity contribution in [1.29, 1.82) is 0 Å². The van der Waals surface area contributed by atoms with Crippen molar-refractivity contribution >= 4 is 61.5 Å². The van der Waals surface area contributed by atoms with Gasteiger partial charge in [-0.05, 0) is 61.0 Å². The van der Waals surface area contributed by atoms with Gasteiger partial charge in [0.15, 0.2) is 0 Å². The van der Waals surface area contributed by atoms with Gasteiger partial charge in [-0.1, -0.05) is 63.4 Å². The van der Waals surface area contributed by atoms with Crippen LogP contribution in [0.3, 0.4) is 0 Å². The first kappa shape index (κ1) is 26.6. The number of nitrogens with zero attached hydrogens (tertiary/aromatic N) is 1. The van der Waals surface area contributed by atoms with Crippen molar-refractivity contribution < 1.29 is 23.9 Å². The maximum Gasteiger partial charge on any atom is 0.335 e. The molecule has 1 aliphatic heterocycles. The predicted octanol–water partition coefficient (Wildman–Crippen LogP) is 6.64. The first-order chi connectivity index (χ1) is 17.9. The van der Waals surface area contributed by atoms with Gasteiger partial charge in [-0.3, -0.25) is 14.9 Å². The van der Waals surface area contributed by atoms with Crippen molar-refractivity contribution in [2.75, 3.05) is 11.5 Å². The van der Waals surface area contributed by atoms with Crippen LogP contribution in [-0.2, 0) is 16.2 Å². The number of carbonyl (C=O) groups excluding carboxylic acids is 3. The number of anilines is 1. The highest BCUT2D eigenvalue weighted by Gasteiger charge is 2.37. The summed E-state index contributed by atoms with van der Waals surface area (Å²) >= 11 is 6.94. The summed E-state index contributed by atoms with van der Waals surface area (Å²) in [5, 5.41) is 2.25. The monoisotopic (exact) mass is 626 g/mol. The summed E-state index contributed by atoms with van der Waals surface area (Å²) in [5.74, 6) is -0.397. The fraction of sp³-hybridized carbons (Fsp3) is 0.179. The summed E-state index contributed by atoms with van der Waals surface area (Å²) in [7, 11) is 0. The summed E-state index contributed by atoms with van der Waals surface area (Å²) < 4.78 is 13.3. The molecule has 0 aromatic heterocycles. The standard InChI is InChI=1S/C28H24Br2N2O5/c1-2-3-14-36-22-11-9-21(10-12-22)32-27(34)23(26(33)31-28(32)35)16-19-15-20(29)8-13-25(19)37-17-18-6-4-5-7-24(18)30/h4-13,15-16H,2-3,14,17H2,1H3,(H,31,33,35)/b23-16-. The number of barbiturate groups is 1. The first-order valence-corrected chi connectivity index (χ1v) is 13.3. The van der Waals surface area contributed by atoms with Gasteiger partial charge in [0.1, 0.15) is 23.7 Å². The SMILES string of the molecule is CCCCOc1ccc(N2C(=O)NC(=O)/C(=C/c3cc(Br)ccc3OCc3ccccc3Br)C2=O)cc1. The molecule has 0 radical (unpaired) electrons. The molecule has 4 rings (SSSR count). The van der Waals surface area contributed by atoms with Crippen LogP contribution in [0.1, 0.15) is 30.9 Å². The van der Waals surface area contributed by atoms with Crippen LogP contribution < -0.4 is 19.7 Å². The molecular formula is C28H24Br2N2O5. The lowest BCUT2D eigenvalue weighted by molar-refractivity contribution is -0.122. The molecule has 190 valence electrons. The number of benzene rings is 3. The van der Waals surface area contributed by atoms with Crippen LogP contribution in [-0.4, -0.2) is 24.5 Å². The predicted molar refractivity (Wildman–Crippen MR) is 148 cm³/mol. The topological polar surface area (TPSA) is 84.9 Å². The second-order valence-corrected chi connectivity index (χ2v) is 9.99. The van der Waals surface area contributed by atoms with E-state index in [0.717, 1.165) is 32.3 Å². The molecule has 0 atom stereocenters. The van der Waals surface area contributed by atoms with Crippen LogP contribution >= 0.6 is 31.9 Å². The molecule has 1 heterocycles. The lowest BCUT2D eigenvalue weighted by Crippen LogP contribution is -2.54. The molecule has 0 spiro atoms. The van der Waals surface area contributed by atoms with Gasteiger partial charge < -0.3 is 9.47 Å². The van der Waals surface area contributed by atoms with Gasteiger partial charge in [0.2, 0.25) is 0 Å². The highest BCUT2D eigenvalue weighted by Crippen LogP contribution is 2.30. The Morgan fingerprint density at radius 3 is 2.43 bits per heavy atom. The van der Waals surface area contributed by atoms with E-state index in [2.05, 4.69) is 44.1 Å². The van der Waals surface area contributed by atoms with E-state index in [-0.39, 0.29) is 12.2 Å². The van der Waals surface area contributed by atoms with Crippen molar-refractivity contribution in [3.63, 3.8) is 0 Å². The Hall–Kier alpha value is -3.43. The third-order valence-corrected chi connectivity index (χ3v) is 6.84. The number of amides is 4. The van der Waals surface area contributed by atoms with E-state index < -0.39 is 17.8 Å². The molecule has 3 aromatic carbocycles. The molecule has 0 aliphatic carbocycles. The zero-order valence-electron chi connectivity index (χ0n) is 20.0. The van der Waals surface area contributed by atoms with Crippen LogP contribution in [0.5, 0.6) is 11.5 Å². The molecule has 9 heteroatoms. The molecule has 37 heavy (non-hydrogen) atoms. The summed E-state index contributed by atoms with van der Waals surface area (Å²) in [6.45, 7) is 2.93. The highest BCUT2D eigenvalue weighted by atomic mass is 79.9. The van der Waals surface area contributed by atoms with Gasteiger partial charge in [0.05, 0.1) is 12.3 Å². The first-order valence-electron chi connectivity index (χ1n) is 11.7. The number of ether oxygens (including phenoxy) is 2. The highest BCUT2D eigenvalue weighted by molar-refractivity contribution is 9.10. The van der Waals surface area contributed by atoms with E-state index in [1.165, 1.54) is 6.08 Å².